The third-order valence-corrected chi connectivity index (χ3v) is 6.57. The van der Waals surface area contributed by atoms with Crippen molar-refractivity contribution in [3.63, 3.8) is 0 Å². The fourth-order valence-electron chi connectivity index (χ4n) is 4.38. The molecule has 0 aliphatic heterocycles. The van der Waals surface area contributed by atoms with E-state index in [-0.39, 0.29) is 0 Å². The lowest BCUT2D eigenvalue weighted by Crippen LogP contribution is -2.35. The van der Waals surface area contributed by atoms with Gasteiger partial charge in [0.25, 0.3) is 0 Å². The van der Waals surface area contributed by atoms with E-state index in [1.165, 1.54) is 5.56 Å². The van der Waals surface area contributed by atoms with E-state index >= 15 is 0 Å². The molecule has 4 aromatic carbocycles. The van der Waals surface area contributed by atoms with E-state index in [4.69, 9.17) is 19.9 Å². The van der Waals surface area contributed by atoms with Crippen LogP contribution in [-0.4, -0.2) is 35.7 Å². The molecule has 1 unspecified atom stereocenters. The normalized spacial score (nSPS) is 11.7. The molecule has 0 radical (unpaired) electrons. The average Bonchev–Trinajstić information content (AvgIpc) is 2.96. The van der Waals surface area contributed by atoms with Gasteiger partial charge in [-0.3, -0.25) is 9.69 Å². The van der Waals surface area contributed by atoms with Crippen LogP contribution in [0.25, 0.3) is 0 Å². The molecule has 0 spiro atoms. The summed E-state index contributed by atoms with van der Waals surface area (Å²) in [7, 11) is 1.63. The van der Waals surface area contributed by atoms with E-state index in [0.717, 1.165) is 33.9 Å². The highest BCUT2D eigenvalue weighted by molar-refractivity contribution is 5.73. The summed E-state index contributed by atoms with van der Waals surface area (Å²) in [5.41, 5.74) is 10.1. The van der Waals surface area contributed by atoms with Crippen LogP contribution in [0.5, 0.6) is 23.0 Å². The molecular weight excluding hydrogens is 504 g/mol. The van der Waals surface area contributed by atoms with Gasteiger partial charge in [0, 0.05) is 30.8 Å². The maximum absolute atomic E-state index is 11.4. The van der Waals surface area contributed by atoms with Crippen molar-refractivity contribution in [2.75, 3.05) is 13.7 Å². The first-order valence-electron chi connectivity index (χ1n) is 13.3. The first-order valence-corrected chi connectivity index (χ1v) is 13.3. The summed E-state index contributed by atoms with van der Waals surface area (Å²) in [6, 6.07) is 30.5. The predicted molar refractivity (Wildman–Crippen MR) is 156 cm³/mol. The molecule has 0 aromatic heterocycles. The van der Waals surface area contributed by atoms with Gasteiger partial charge in [-0.25, -0.2) is 0 Å². The van der Waals surface area contributed by atoms with Crippen LogP contribution in [0.2, 0.25) is 0 Å². The number of carbonyl (C=O) groups is 1. The maximum Gasteiger partial charge on any atom is 0.320 e. The molecule has 3 N–H and O–H groups in total. The minimum atomic E-state index is -1.01. The second kappa shape index (κ2) is 14.2. The number of rotatable bonds is 14. The lowest BCUT2D eigenvalue weighted by molar-refractivity contribution is -0.138. The first kappa shape index (κ1) is 28.7. The molecule has 1 atom stereocenters. The molecule has 4 rings (SSSR count). The number of carboxylic acid groups (broad SMARTS) is 1. The zero-order valence-electron chi connectivity index (χ0n) is 23.0. The van der Waals surface area contributed by atoms with Crippen molar-refractivity contribution in [2.24, 2.45) is 5.73 Å². The zero-order valence-corrected chi connectivity index (χ0v) is 23.0. The Bertz CT molecular complexity index is 1390. The number of benzene rings is 4. The summed E-state index contributed by atoms with van der Waals surface area (Å²) < 4.78 is 17.7. The number of nitrogens with zero attached hydrogens (tertiary/aromatic N) is 1. The Morgan fingerprint density at radius 1 is 0.850 bits per heavy atom. The largest absolute Gasteiger partial charge is 0.497 e. The van der Waals surface area contributed by atoms with Gasteiger partial charge in [0.1, 0.15) is 35.6 Å². The molecule has 0 bridgehead atoms. The lowest BCUT2D eigenvalue weighted by Gasteiger charge is -2.25. The highest BCUT2D eigenvalue weighted by Crippen LogP contribution is 2.29. The quantitative estimate of drug-likeness (QED) is 0.197. The predicted octanol–water partition coefficient (Wildman–Crippen LogP) is 6.18. The van der Waals surface area contributed by atoms with Crippen molar-refractivity contribution >= 4 is 5.97 Å². The van der Waals surface area contributed by atoms with Crippen molar-refractivity contribution in [1.29, 1.82) is 0 Å². The third-order valence-electron chi connectivity index (χ3n) is 6.57. The van der Waals surface area contributed by atoms with E-state index in [9.17, 15) is 9.90 Å². The van der Waals surface area contributed by atoms with Crippen LogP contribution in [0.15, 0.2) is 97.1 Å². The molecule has 208 valence electrons. The van der Waals surface area contributed by atoms with Gasteiger partial charge in [-0.05, 0) is 55.3 Å². The molecule has 4 aromatic rings. The van der Waals surface area contributed by atoms with Gasteiger partial charge in [0.2, 0.25) is 0 Å². The Kier molecular flexibility index (Phi) is 10.2. The molecule has 7 nitrogen and oxygen atoms in total. The average molecular weight is 541 g/mol. The topological polar surface area (TPSA) is 94.2 Å². The summed E-state index contributed by atoms with van der Waals surface area (Å²) in [4.78, 5) is 13.6. The molecule has 40 heavy (non-hydrogen) atoms. The second-order valence-corrected chi connectivity index (χ2v) is 9.71. The van der Waals surface area contributed by atoms with Gasteiger partial charge in [-0.1, -0.05) is 66.2 Å². The number of nitrogens with two attached hydrogens (primary N) is 1. The van der Waals surface area contributed by atoms with E-state index in [1.807, 2.05) is 78.9 Å². The summed E-state index contributed by atoms with van der Waals surface area (Å²) in [5.74, 6) is 1.96. The number of carboxylic acids is 1. The van der Waals surface area contributed by atoms with Gasteiger partial charge >= 0.3 is 5.97 Å². The first-order chi connectivity index (χ1) is 19.4. The Hall–Kier alpha value is -4.33. The fourth-order valence-corrected chi connectivity index (χ4v) is 4.38. The van der Waals surface area contributed by atoms with Crippen molar-refractivity contribution in [3.8, 4) is 23.0 Å². The Morgan fingerprint density at radius 3 is 2.12 bits per heavy atom. The van der Waals surface area contributed by atoms with E-state index in [1.54, 1.807) is 7.11 Å². The molecule has 0 amide bonds. The molecule has 0 aliphatic rings. The molecule has 0 fully saturated rings. The highest BCUT2D eigenvalue weighted by Gasteiger charge is 2.18. The van der Waals surface area contributed by atoms with Crippen molar-refractivity contribution in [2.45, 2.75) is 39.1 Å². The van der Waals surface area contributed by atoms with Crippen LogP contribution in [-0.2, 0) is 24.5 Å². The van der Waals surface area contributed by atoms with Crippen LogP contribution >= 0.6 is 0 Å². The zero-order chi connectivity index (χ0) is 28.3. The summed E-state index contributed by atoms with van der Waals surface area (Å²) >= 11 is 0. The summed E-state index contributed by atoms with van der Waals surface area (Å²) in [6.45, 7) is 4.09. The Labute approximate surface area is 235 Å². The van der Waals surface area contributed by atoms with Crippen LogP contribution in [0.3, 0.4) is 0 Å². The van der Waals surface area contributed by atoms with Crippen LogP contribution in [0.1, 0.15) is 28.7 Å². The maximum atomic E-state index is 11.4. The Morgan fingerprint density at radius 2 is 1.48 bits per heavy atom. The van der Waals surface area contributed by atoms with Gasteiger partial charge in [-0.2, -0.15) is 0 Å². The van der Waals surface area contributed by atoms with Crippen molar-refractivity contribution in [3.05, 3.63) is 119 Å². The molecule has 0 heterocycles. The summed E-state index contributed by atoms with van der Waals surface area (Å²) in [5, 5.41) is 9.37. The van der Waals surface area contributed by atoms with E-state index < -0.39 is 12.0 Å². The molecule has 0 saturated heterocycles. The third kappa shape index (κ3) is 8.33. The smallest absolute Gasteiger partial charge is 0.320 e. The molecule has 7 heteroatoms. The minimum Gasteiger partial charge on any atom is -0.497 e. The van der Waals surface area contributed by atoms with Crippen LogP contribution in [0, 0.1) is 6.92 Å². The number of hydrogen-bond acceptors (Lipinski definition) is 6. The highest BCUT2D eigenvalue weighted by atomic mass is 16.5. The number of aryl methyl sites for hydroxylation is 1. The van der Waals surface area contributed by atoms with Crippen molar-refractivity contribution in [1.82, 2.24) is 4.90 Å². The van der Waals surface area contributed by atoms with E-state index in [2.05, 4.69) is 30.0 Å². The summed E-state index contributed by atoms with van der Waals surface area (Å²) in [6.07, 6.45) is 0.309. The van der Waals surface area contributed by atoms with E-state index in [0.29, 0.717) is 38.4 Å². The van der Waals surface area contributed by atoms with Gasteiger partial charge in [0.05, 0.1) is 7.11 Å². The number of ether oxygens (including phenoxy) is 3. The van der Waals surface area contributed by atoms with Gasteiger partial charge < -0.3 is 25.1 Å². The number of hydrogen-bond donors (Lipinski definition) is 2. The molecule has 0 saturated carbocycles. The molecular formula is C33H36N2O5. The number of para-hydroxylation sites is 2. The van der Waals surface area contributed by atoms with Crippen LogP contribution in [0.4, 0.5) is 0 Å². The molecule has 0 aliphatic carbocycles. The fraction of sp³-hybridized carbons (Fsp3) is 0.242. The number of aliphatic carboxylic acids is 1. The SMILES string of the molecule is COc1ccc(Oc2ccccc2CN(CCC(N)C(=O)O)Cc2ccccc2OCc2cccc(C)c2)cc1. The standard InChI is InChI=1S/C33H36N2O5/c1-24-8-7-9-25(20-24)23-39-31-12-5-3-10-26(31)21-35(19-18-30(34)33(36)37)22-27-11-4-6-13-32(27)40-29-16-14-28(38-2)15-17-29/h3-17,20,30H,18-19,21-23,34H2,1-2H3,(H,36,37). The monoisotopic (exact) mass is 540 g/mol. The van der Waals surface area contributed by atoms with Crippen molar-refractivity contribution < 1.29 is 24.1 Å². The van der Waals surface area contributed by atoms with Gasteiger partial charge in [0.15, 0.2) is 0 Å². The van der Waals surface area contributed by atoms with Crippen LogP contribution < -0.4 is 19.9 Å². The van der Waals surface area contributed by atoms with Gasteiger partial charge in [-0.15, -0.1) is 0 Å². The minimum absolute atomic E-state index is 0.309. The Balaban J connectivity index is 1.53. The second-order valence-electron chi connectivity index (χ2n) is 9.71. The number of methoxy groups -OCH3 is 1. The lowest BCUT2D eigenvalue weighted by atomic mass is 10.1.